The third kappa shape index (κ3) is 3.02. The highest BCUT2D eigenvalue weighted by atomic mass is 19.2. The molecule has 7 nitrogen and oxygen atoms in total. The lowest BCUT2D eigenvalue weighted by molar-refractivity contribution is 0.454. The quantitative estimate of drug-likeness (QED) is 0.548. The first kappa shape index (κ1) is 19.0. The van der Waals surface area contributed by atoms with Crippen LogP contribution in [0.2, 0.25) is 0 Å². The number of pyridine rings is 1. The first-order valence-corrected chi connectivity index (χ1v) is 9.18. The van der Waals surface area contributed by atoms with Gasteiger partial charge in [0.05, 0.1) is 12.1 Å². The number of hydrogen-bond acceptors (Lipinski definition) is 5. The minimum atomic E-state index is -1.17. The lowest BCUT2D eigenvalue weighted by atomic mass is 9.97. The highest BCUT2D eigenvalue weighted by molar-refractivity contribution is 5.84. The van der Waals surface area contributed by atoms with E-state index in [2.05, 4.69) is 19.9 Å². The number of aromatic amines is 1. The van der Waals surface area contributed by atoms with Gasteiger partial charge in [-0.05, 0) is 18.1 Å². The van der Waals surface area contributed by atoms with Crippen molar-refractivity contribution in [2.24, 2.45) is 5.92 Å². The zero-order valence-electron chi connectivity index (χ0n) is 16.1. The highest BCUT2D eigenvalue weighted by Crippen LogP contribution is 2.30. The van der Waals surface area contributed by atoms with E-state index >= 15 is 0 Å². The first-order chi connectivity index (χ1) is 13.8. The molecular formula is C20H19F2N5O2. The molecule has 1 atom stereocenters. The molecule has 0 saturated heterocycles. The van der Waals surface area contributed by atoms with Gasteiger partial charge in [0, 0.05) is 29.3 Å². The summed E-state index contributed by atoms with van der Waals surface area (Å²) in [7, 11) is 0. The average molecular weight is 399 g/mol. The molecule has 0 fully saturated rings. The van der Waals surface area contributed by atoms with Crippen molar-refractivity contribution in [2.75, 3.05) is 0 Å². The van der Waals surface area contributed by atoms with Crippen LogP contribution in [0.1, 0.15) is 38.1 Å². The number of imidazole rings is 1. The molecule has 0 spiro atoms. The van der Waals surface area contributed by atoms with E-state index in [1.54, 1.807) is 4.57 Å². The molecule has 29 heavy (non-hydrogen) atoms. The summed E-state index contributed by atoms with van der Waals surface area (Å²) in [5, 5.41) is 10.6. The fraction of sp³-hybridized carbons (Fsp3) is 0.300. The molecule has 4 aromatic rings. The second-order valence-electron chi connectivity index (χ2n) is 7.36. The van der Waals surface area contributed by atoms with Gasteiger partial charge in [-0.3, -0.25) is 4.79 Å². The summed E-state index contributed by atoms with van der Waals surface area (Å²) < 4.78 is 29.7. The van der Waals surface area contributed by atoms with Gasteiger partial charge in [-0.1, -0.05) is 20.8 Å². The van der Waals surface area contributed by atoms with E-state index in [0.717, 1.165) is 6.07 Å². The lowest BCUT2D eigenvalue weighted by Gasteiger charge is -2.18. The van der Waals surface area contributed by atoms with Crippen LogP contribution < -0.4 is 5.56 Å². The summed E-state index contributed by atoms with van der Waals surface area (Å²) in [6.07, 6.45) is 3.05. The van der Waals surface area contributed by atoms with Gasteiger partial charge in [-0.2, -0.15) is 0 Å². The van der Waals surface area contributed by atoms with Gasteiger partial charge in [0.2, 0.25) is 0 Å². The molecule has 3 aromatic heterocycles. The Morgan fingerprint density at radius 1 is 1.17 bits per heavy atom. The summed E-state index contributed by atoms with van der Waals surface area (Å²) in [6.45, 7) is 6.10. The van der Waals surface area contributed by atoms with Crippen LogP contribution in [-0.2, 0) is 6.54 Å². The molecule has 2 N–H and O–H groups in total. The second kappa shape index (κ2) is 6.91. The van der Waals surface area contributed by atoms with Crippen molar-refractivity contribution in [2.45, 2.75) is 33.2 Å². The maximum atomic E-state index is 14.3. The van der Waals surface area contributed by atoms with E-state index < -0.39 is 22.9 Å². The number of fused-ring (bicyclic) bond motifs is 2. The van der Waals surface area contributed by atoms with Crippen LogP contribution in [0.25, 0.3) is 22.2 Å². The van der Waals surface area contributed by atoms with Crippen molar-refractivity contribution >= 4 is 22.2 Å². The number of hydrogen-bond donors (Lipinski definition) is 2. The average Bonchev–Trinajstić information content (AvgIpc) is 3.06. The SMILES string of the molecule is CC(C)C(C)c1nc2nccnc2n1Cc1c(O)c(=O)[nH]c2c(F)c(F)ccc12. The third-order valence-electron chi connectivity index (χ3n) is 5.30. The van der Waals surface area contributed by atoms with Crippen LogP contribution in [0, 0.1) is 17.6 Å². The summed E-state index contributed by atoms with van der Waals surface area (Å²) in [6, 6.07) is 2.29. The molecule has 3 heterocycles. The van der Waals surface area contributed by atoms with Crippen molar-refractivity contribution in [3.8, 4) is 5.75 Å². The maximum Gasteiger partial charge on any atom is 0.290 e. The molecule has 4 rings (SSSR count). The van der Waals surface area contributed by atoms with Gasteiger partial charge in [0.25, 0.3) is 5.56 Å². The summed E-state index contributed by atoms with van der Waals surface area (Å²) in [5.74, 6) is -1.86. The van der Waals surface area contributed by atoms with Crippen LogP contribution in [0.3, 0.4) is 0 Å². The summed E-state index contributed by atoms with van der Waals surface area (Å²) in [5.41, 5.74) is -0.126. The molecule has 9 heteroatoms. The van der Waals surface area contributed by atoms with Crippen LogP contribution in [0.5, 0.6) is 5.75 Å². The van der Waals surface area contributed by atoms with E-state index in [4.69, 9.17) is 0 Å². The van der Waals surface area contributed by atoms with E-state index in [9.17, 15) is 18.7 Å². The van der Waals surface area contributed by atoms with Crippen molar-refractivity contribution in [3.63, 3.8) is 0 Å². The fourth-order valence-corrected chi connectivity index (χ4v) is 3.35. The van der Waals surface area contributed by atoms with E-state index in [1.165, 1.54) is 18.5 Å². The third-order valence-corrected chi connectivity index (χ3v) is 5.30. The molecule has 150 valence electrons. The number of nitrogens with one attached hydrogen (secondary N) is 1. The molecule has 0 bridgehead atoms. The smallest absolute Gasteiger partial charge is 0.290 e. The maximum absolute atomic E-state index is 14.3. The van der Waals surface area contributed by atoms with Gasteiger partial charge in [-0.15, -0.1) is 0 Å². The number of H-pyrrole nitrogens is 1. The van der Waals surface area contributed by atoms with E-state index in [0.29, 0.717) is 17.1 Å². The number of benzene rings is 1. The topological polar surface area (TPSA) is 96.7 Å². The van der Waals surface area contributed by atoms with Crippen molar-refractivity contribution in [1.29, 1.82) is 0 Å². The Morgan fingerprint density at radius 2 is 1.90 bits per heavy atom. The lowest BCUT2D eigenvalue weighted by Crippen LogP contribution is -2.16. The molecule has 0 amide bonds. The minimum absolute atomic E-state index is 0.00108. The van der Waals surface area contributed by atoms with Gasteiger partial charge >= 0.3 is 0 Å². The Hall–Kier alpha value is -3.36. The molecule has 1 aromatic carbocycles. The van der Waals surface area contributed by atoms with Crippen LogP contribution in [0.15, 0.2) is 29.3 Å². The Kier molecular flexibility index (Phi) is 4.52. The molecule has 1 unspecified atom stereocenters. The zero-order chi connectivity index (χ0) is 20.9. The van der Waals surface area contributed by atoms with E-state index in [1.807, 2.05) is 20.8 Å². The monoisotopic (exact) mass is 399 g/mol. The Morgan fingerprint density at radius 3 is 2.62 bits per heavy atom. The van der Waals surface area contributed by atoms with Crippen LogP contribution in [0.4, 0.5) is 8.78 Å². The fourth-order valence-electron chi connectivity index (χ4n) is 3.35. The second-order valence-corrected chi connectivity index (χ2v) is 7.36. The van der Waals surface area contributed by atoms with Crippen molar-refractivity contribution < 1.29 is 13.9 Å². The Labute approximate surface area is 164 Å². The van der Waals surface area contributed by atoms with Gasteiger partial charge in [0.15, 0.2) is 28.7 Å². The van der Waals surface area contributed by atoms with Gasteiger partial charge < -0.3 is 14.7 Å². The van der Waals surface area contributed by atoms with Crippen LogP contribution in [-0.4, -0.2) is 29.6 Å². The summed E-state index contributed by atoms with van der Waals surface area (Å²) in [4.78, 5) is 27.6. The van der Waals surface area contributed by atoms with E-state index in [-0.39, 0.29) is 34.8 Å². The van der Waals surface area contributed by atoms with Crippen molar-refractivity contribution in [3.05, 3.63) is 57.9 Å². The predicted octanol–water partition coefficient (Wildman–Crippen LogP) is 3.46. The van der Waals surface area contributed by atoms with Gasteiger partial charge in [0.1, 0.15) is 5.82 Å². The number of nitrogens with zero attached hydrogens (tertiary/aromatic N) is 4. The molecule has 0 saturated carbocycles. The predicted molar refractivity (Wildman–Crippen MR) is 104 cm³/mol. The normalized spacial score (nSPS) is 12.9. The summed E-state index contributed by atoms with van der Waals surface area (Å²) >= 11 is 0. The minimum Gasteiger partial charge on any atom is -0.503 e. The number of aromatic nitrogens is 5. The first-order valence-electron chi connectivity index (χ1n) is 9.18. The Bertz CT molecular complexity index is 1300. The number of aromatic hydroxyl groups is 1. The molecule has 0 aliphatic rings. The standard InChI is InChI=1S/C20H19F2N5O2/c1-9(2)10(3)18-26-17-19(24-7-6-23-17)27(18)8-12-11-4-5-13(21)14(22)15(11)25-20(29)16(12)28/h4-7,9-10,28H,8H2,1-3H3,(H,25,29). The number of rotatable bonds is 4. The number of halogens is 2. The van der Waals surface area contributed by atoms with Crippen molar-refractivity contribution in [1.82, 2.24) is 24.5 Å². The molecule has 0 aliphatic heterocycles. The molecular weight excluding hydrogens is 380 g/mol. The molecule has 0 aliphatic carbocycles. The zero-order valence-corrected chi connectivity index (χ0v) is 16.1. The Balaban J connectivity index is 2.00. The highest BCUT2D eigenvalue weighted by Gasteiger charge is 2.23. The van der Waals surface area contributed by atoms with Gasteiger partial charge in [-0.25, -0.2) is 23.7 Å². The van der Waals surface area contributed by atoms with Crippen LogP contribution >= 0.6 is 0 Å². The largest absolute Gasteiger partial charge is 0.503 e. The molecule has 0 radical (unpaired) electrons.